The van der Waals surface area contributed by atoms with Gasteiger partial charge in [0.25, 0.3) is 17.7 Å². The van der Waals surface area contributed by atoms with Gasteiger partial charge < -0.3 is 0 Å². The smallest absolute Gasteiger partial charge is 0.274 e. The first-order chi connectivity index (χ1) is 15.3. The molecule has 1 fully saturated rings. The lowest BCUT2D eigenvalue weighted by Gasteiger charge is -2.30. The molecule has 1 heterocycles. The summed E-state index contributed by atoms with van der Waals surface area (Å²) in [5.41, 5.74) is 0.401. The molecule has 0 N–H and O–H groups in total. The number of rotatable bonds is 5. The molecular weight excluding hydrogens is 451 g/mol. The number of amides is 3. The van der Waals surface area contributed by atoms with E-state index >= 15 is 0 Å². The summed E-state index contributed by atoms with van der Waals surface area (Å²) >= 11 is 12.2. The Hall–Kier alpha value is -2.96. The lowest BCUT2D eigenvalue weighted by Crippen LogP contribution is -2.52. The Morgan fingerprint density at radius 1 is 1.06 bits per heavy atom. The van der Waals surface area contributed by atoms with Gasteiger partial charge in [0.1, 0.15) is 6.54 Å². The van der Waals surface area contributed by atoms with E-state index in [0.717, 1.165) is 10.0 Å². The number of imide groups is 1. The Morgan fingerprint density at radius 3 is 2.44 bits per heavy atom. The van der Waals surface area contributed by atoms with Crippen molar-refractivity contribution in [2.45, 2.75) is 13.3 Å². The number of hydrogen-bond donors (Lipinski definition) is 0. The highest BCUT2D eigenvalue weighted by molar-refractivity contribution is 6.36. The molecule has 0 spiro atoms. The maximum Gasteiger partial charge on any atom is 0.274 e. The highest BCUT2D eigenvalue weighted by atomic mass is 35.5. The van der Waals surface area contributed by atoms with Crippen molar-refractivity contribution in [2.24, 2.45) is 17.8 Å². The minimum absolute atomic E-state index is 0.0403. The predicted molar refractivity (Wildman–Crippen MR) is 120 cm³/mol. The van der Waals surface area contributed by atoms with E-state index in [1.807, 2.05) is 19.1 Å². The molecular formula is C24H20Cl2N2O4. The van der Waals surface area contributed by atoms with Crippen molar-refractivity contribution in [3.05, 3.63) is 81.9 Å². The monoisotopic (exact) mass is 470 g/mol. The van der Waals surface area contributed by atoms with Crippen LogP contribution >= 0.6 is 23.2 Å². The lowest BCUT2D eigenvalue weighted by molar-refractivity contribution is -0.154. The molecule has 4 rings (SSSR count). The van der Waals surface area contributed by atoms with Crippen LogP contribution in [0.4, 0.5) is 0 Å². The van der Waals surface area contributed by atoms with Gasteiger partial charge in [-0.1, -0.05) is 72.6 Å². The molecule has 0 radical (unpaired) electrons. The summed E-state index contributed by atoms with van der Waals surface area (Å²) in [7, 11) is 0. The zero-order valence-electron chi connectivity index (χ0n) is 17.2. The third-order valence-electron chi connectivity index (χ3n) is 5.88. The van der Waals surface area contributed by atoms with Gasteiger partial charge in [-0.15, -0.1) is 0 Å². The van der Waals surface area contributed by atoms with Crippen LogP contribution in [0, 0.1) is 17.8 Å². The minimum atomic E-state index is -0.725. The van der Waals surface area contributed by atoms with Crippen molar-refractivity contribution in [1.82, 2.24) is 10.0 Å². The number of Topliss-reactive ketones (excluding diaryl/α,β-unsaturated/α-hetero) is 1. The Kier molecular flexibility index (Phi) is 6.17. The summed E-state index contributed by atoms with van der Waals surface area (Å²) in [5.74, 6) is -3.41. The number of hydrazine groups is 1. The van der Waals surface area contributed by atoms with Gasteiger partial charge >= 0.3 is 0 Å². The Bertz CT molecular complexity index is 1130. The van der Waals surface area contributed by atoms with Crippen molar-refractivity contribution < 1.29 is 19.2 Å². The number of allylic oxidation sites excluding steroid dienone is 2. The van der Waals surface area contributed by atoms with E-state index in [-0.39, 0.29) is 16.5 Å². The summed E-state index contributed by atoms with van der Waals surface area (Å²) < 4.78 is 0. The first-order valence-corrected chi connectivity index (χ1v) is 10.9. The highest BCUT2D eigenvalue weighted by Gasteiger charge is 2.53. The van der Waals surface area contributed by atoms with Crippen LogP contribution in [0.5, 0.6) is 0 Å². The van der Waals surface area contributed by atoms with Crippen molar-refractivity contribution in [3.8, 4) is 0 Å². The minimum Gasteiger partial charge on any atom is -0.292 e. The molecule has 1 saturated heterocycles. The molecule has 8 heteroatoms. The van der Waals surface area contributed by atoms with Crippen LogP contribution in [0.1, 0.15) is 34.1 Å². The lowest BCUT2D eigenvalue weighted by atomic mass is 9.78. The van der Waals surface area contributed by atoms with Crippen molar-refractivity contribution in [3.63, 3.8) is 0 Å². The van der Waals surface area contributed by atoms with E-state index < -0.39 is 41.9 Å². The summed E-state index contributed by atoms with van der Waals surface area (Å²) in [6.45, 7) is 1.37. The average molecular weight is 471 g/mol. The van der Waals surface area contributed by atoms with Crippen LogP contribution in [0.25, 0.3) is 0 Å². The fourth-order valence-electron chi connectivity index (χ4n) is 4.26. The molecule has 0 aromatic heterocycles. The first-order valence-electron chi connectivity index (χ1n) is 10.2. The number of benzene rings is 2. The van der Waals surface area contributed by atoms with Crippen LogP contribution in [-0.4, -0.2) is 40.1 Å². The van der Waals surface area contributed by atoms with Gasteiger partial charge in [0, 0.05) is 10.6 Å². The number of ketones is 1. The Morgan fingerprint density at radius 2 is 1.78 bits per heavy atom. The molecule has 2 aliphatic rings. The predicted octanol–water partition coefficient (Wildman–Crippen LogP) is 4.43. The van der Waals surface area contributed by atoms with E-state index in [1.165, 1.54) is 18.2 Å². The molecule has 3 atom stereocenters. The van der Waals surface area contributed by atoms with E-state index in [9.17, 15) is 19.2 Å². The third kappa shape index (κ3) is 3.96. The van der Waals surface area contributed by atoms with Crippen molar-refractivity contribution in [2.75, 3.05) is 6.54 Å². The highest BCUT2D eigenvalue weighted by Crippen LogP contribution is 2.39. The molecule has 32 heavy (non-hydrogen) atoms. The third-order valence-corrected chi connectivity index (χ3v) is 6.42. The standard InChI is InChI=1S/C24H20Cl2N2O4/c1-14-6-5-9-18-21(14)24(32)28(23(18)31)27(13-20(29)15-7-3-2-4-8-15)22(30)17-11-10-16(25)12-19(17)26/h2-8,10-12,14,18,21H,9,13H2,1H3/t14-,18+,21-/m1/s1. The molecule has 6 nitrogen and oxygen atoms in total. The molecule has 0 saturated carbocycles. The second-order valence-corrected chi connectivity index (χ2v) is 8.76. The second-order valence-electron chi connectivity index (χ2n) is 7.92. The van der Waals surface area contributed by atoms with Crippen molar-refractivity contribution >= 4 is 46.7 Å². The molecule has 0 bridgehead atoms. The van der Waals surface area contributed by atoms with Crippen molar-refractivity contribution in [1.29, 1.82) is 0 Å². The average Bonchev–Trinajstić information content (AvgIpc) is 3.03. The van der Waals surface area contributed by atoms with Crippen LogP contribution in [0.3, 0.4) is 0 Å². The Balaban J connectivity index is 1.73. The zero-order valence-corrected chi connectivity index (χ0v) is 18.7. The zero-order chi connectivity index (χ0) is 23.0. The maximum atomic E-state index is 13.5. The number of nitrogens with zero attached hydrogens (tertiary/aromatic N) is 2. The van der Waals surface area contributed by atoms with Crippen LogP contribution in [0.2, 0.25) is 10.0 Å². The SMILES string of the molecule is C[C@@H]1C=CC[C@@H]2C(=O)N(N(CC(=O)c3ccccc3)C(=O)c3ccc(Cl)cc3Cl)C(=O)[C@H]12. The first kappa shape index (κ1) is 22.2. The van der Waals surface area contributed by atoms with E-state index in [4.69, 9.17) is 23.2 Å². The summed E-state index contributed by atoms with van der Waals surface area (Å²) in [6, 6.07) is 12.7. The van der Waals surface area contributed by atoms with Gasteiger partial charge in [-0.3, -0.25) is 19.2 Å². The number of halogens is 2. The van der Waals surface area contributed by atoms with Crippen LogP contribution < -0.4 is 0 Å². The van der Waals surface area contributed by atoms with Crippen LogP contribution in [-0.2, 0) is 9.59 Å². The number of fused-ring (bicyclic) bond motifs is 1. The van der Waals surface area contributed by atoms with E-state index in [2.05, 4.69) is 0 Å². The molecule has 1 aliphatic heterocycles. The molecule has 2 aromatic rings. The Labute approximate surface area is 195 Å². The fraction of sp³-hybridized carbons (Fsp3) is 0.250. The topological polar surface area (TPSA) is 74.8 Å². The summed E-state index contributed by atoms with van der Waals surface area (Å²) in [5, 5.41) is 2.15. The fourth-order valence-corrected chi connectivity index (χ4v) is 4.74. The number of carbonyl (C=O) groups is 4. The van der Waals surface area contributed by atoms with Gasteiger partial charge in [-0.25, -0.2) is 5.01 Å². The number of carbonyl (C=O) groups excluding carboxylic acids is 4. The maximum absolute atomic E-state index is 13.5. The largest absolute Gasteiger partial charge is 0.292 e. The molecule has 164 valence electrons. The van der Waals surface area contributed by atoms with Gasteiger partial charge in [0.05, 0.1) is 22.4 Å². The van der Waals surface area contributed by atoms with E-state index in [1.54, 1.807) is 30.3 Å². The van der Waals surface area contributed by atoms with Gasteiger partial charge in [-0.05, 0) is 30.5 Å². The molecule has 1 aliphatic carbocycles. The second kappa shape index (κ2) is 8.88. The quantitative estimate of drug-likeness (QED) is 0.368. The normalized spacial score (nSPS) is 22.1. The van der Waals surface area contributed by atoms with Gasteiger partial charge in [0.15, 0.2) is 5.78 Å². The molecule has 0 unspecified atom stereocenters. The van der Waals surface area contributed by atoms with E-state index in [0.29, 0.717) is 17.0 Å². The van der Waals surface area contributed by atoms with Crippen LogP contribution in [0.15, 0.2) is 60.7 Å². The van der Waals surface area contributed by atoms with Gasteiger partial charge in [0.2, 0.25) is 0 Å². The molecule has 2 aromatic carbocycles. The summed E-state index contributed by atoms with van der Waals surface area (Å²) in [4.78, 5) is 53.0. The summed E-state index contributed by atoms with van der Waals surface area (Å²) in [6.07, 6.45) is 4.18. The van der Waals surface area contributed by atoms with Gasteiger partial charge in [-0.2, -0.15) is 5.01 Å². The molecule has 3 amide bonds. The number of hydrogen-bond acceptors (Lipinski definition) is 4.